The number of aliphatic hydroxyl groups is 2. The van der Waals surface area contributed by atoms with Gasteiger partial charge in [0.1, 0.15) is 0 Å². The van der Waals surface area contributed by atoms with Gasteiger partial charge in [-0.2, -0.15) is 0 Å². The first-order valence-electron chi connectivity index (χ1n) is 7.40. The van der Waals surface area contributed by atoms with E-state index in [9.17, 15) is 10.2 Å². The molecule has 0 bridgehead atoms. The van der Waals surface area contributed by atoms with Crippen molar-refractivity contribution < 1.29 is 19.7 Å². The van der Waals surface area contributed by atoms with E-state index in [-0.39, 0.29) is 13.2 Å². The van der Waals surface area contributed by atoms with E-state index < -0.39 is 0 Å². The highest BCUT2D eigenvalue weighted by Gasteiger charge is 2.15. The van der Waals surface area contributed by atoms with Gasteiger partial charge in [0.2, 0.25) is 0 Å². The summed E-state index contributed by atoms with van der Waals surface area (Å²) < 4.78 is 11.6. The largest absolute Gasteiger partial charge is 0.489 e. The molecule has 2 N–H and O–H groups in total. The Kier molecular flexibility index (Phi) is 8.07. The van der Waals surface area contributed by atoms with E-state index >= 15 is 0 Å². The number of ether oxygens (including phenoxy) is 2. The molecule has 0 aliphatic carbocycles. The van der Waals surface area contributed by atoms with Crippen molar-refractivity contribution in [3.63, 3.8) is 0 Å². The van der Waals surface area contributed by atoms with Crippen LogP contribution in [0, 0.1) is 0 Å². The van der Waals surface area contributed by atoms with Crippen LogP contribution < -0.4 is 9.47 Å². The van der Waals surface area contributed by atoms with E-state index in [0.29, 0.717) is 35.8 Å². The van der Waals surface area contributed by atoms with E-state index in [1.165, 1.54) is 0 Å². The lowest BCUT2D eigenvalue weighted by molar-refractivity contribution is 0.230. The number of aliphatic hydroxyl groups excluding tert-OH is 2. The fraction of sp³-hybridized carbons (Fsp3) is 0.625. The lowest BCUT2D eigenvalue weighted by Gasteiger charge is -2.18. The monoisotopic (exact) mass is 282 g/mol. The lowest BCUT2D eigenvalue weighted by atomic mass is 10.1. The van der Waals surface area contributed by atoms with Gasteiger partial charge >= 0.3 is 0 Å². The molecule has 0 heterocycles. The molecule has 1 aromatic carbocycles. The summed E-state index contributed by atoms with van der Waals surface area (Å²) in [5.41, 5.74) is 1.40. The smallest absolute Gasteiger partial charge is 0.167 e. The lowest BCUT2D eigenvalue weighted by Crippen LogP contribution is -2.07. The van der Waals surface area contributed by atoms with Gasteiger partial charge in [-0.15, -0.1) is 0 Å². The summed E-state index contributed by atoms with van der Waals surface area (Å²) in [6.07, 6.45) is 3.98. The van der Waals surface area contributed by atoms with Gasteiger partial charge in [0.05, 0.1) is 26.4 Å². The van der Waals surface area contributed by atoms with Crippen molar-refractivity contribution in [3.8, 4) is 11.5 Å². The number of benzene rings is 1. The van der Waals surface area contributed by atoms with Gasteiger partial charge < -0.3 is 19.7 Å². The molecule has 0 unspecified atom stereocenters. The first-order chi connectivity index (χ1) is 9.78. The molecule has 0 aliphatic heterocycles. The van der Waals surface area contributed by atoms with Gasteiger partial charge in [-0.3, -0.25) is 0 Å². The highest BCUT2D eigenvalue weighted by Crippen LogP contribution is 2.36. The summed E-state index contributed by atoms with van der Waals surface area (Å²) in [7, 11) is 0. The third-order valence-electron chi connectivity index (χ3n) is 3.10. The molecule has 0 aromatic heterocycles. The first kappa shape index (κ1) is 16.8. The molecule has 4 nitrogen and oxygen atoms in total. The second-order valence-electron chi connectivity index (χ2n) is 4.76. The Labute approximate surface area is 121 Å². The van der Waals surface area contributed by atoms with Crippen LogP contribution >= 0.6 is 0 Å². The van der Waals surface area contributed by atoms with Crippen molar-refractivity contribution in [1.82, 2.24) is 0 Å². The van der Waals surface area contributed by atoms with Gasteiger partial charge in [0, 0.05) is 11.1 Å². The molecule has 0 saturated carbocycles. The van der Waals surface area contributed by atoms with Crippen molar-refractivity contribution in [2.75, 3.05) is 13.2 Å². The molecule has 0 fully saturated rings. The van der Waals surface area contributed by atoms with Crippen LogP contribution in [0.15, 0.2) is 12.1 Å². The minimum absolute atomic E-state index is 0.0999. The second-order valence-corrected chi connectivity index (χ2v) is 4.76. The molecule has 1 rings (SSSR count). The Hall–Kier alpha value is -1.26. The molecule has 0 saturated heterocycles. The van der Waals surface area contributed by atoms with E-state index in [1.54, 1.807) is 12.1 Å². The van der Waals surface area contributed by atoms with Gasteiger partial charge in [-0.1, -0.05) is 38.8 Å². The Balaban J connectivity index is 2.97. The van der Waals surface area contributed by atoms with Crippen molar-refractivity contribution in [3.05, 3.63) is 23.3 Å². The zero-order valence-corrected chi connectivity index (χ0v) is 12.5. The molecule has 0 radical (unpaired) electrons. The Morgan fingerprint density at radius 2 is 1.20 bits per heavy atom. The van der Waals surface area contributed by atoms with Gasteiger partial charge in [0.15, 0.2) is 11.5 Å². The normalized spacial score (nSPS) is 10.6. The molecular weight excluding hydrogens is 256 g/mol. The predicted octanol–water partition coefficient (Wildman–Crippen LogP) is 3.03. The van der Waals surface area contributed by atoms with Gasteiger partial charge in [0.25, 0.3) is 0 Å². The number of rotatable bonds is 10. The molecule has 114 valence electrons. The quantitative estimate of drug-likeness (QED) is 0.648. The summed E-state index contributed by atoms with van der Waals surface area (Å²) in [5.74, 6) is 1.15. The molecule has 20 heavy (non-hydrogen) atoms. The minimum Gasteiger partial charge on any atom is -0.489 e. The zero-order chi connectivity index (χ0) is 14.8. The van der Waals surface area contributed by atoms with Gasteiger partial charge in [-0.05, 0) is 12.8 Å². The van der Waals surface area contributed by atoms with Crippen LogP contribution in [0.2, 0.25) is 0 Å². The highest BCUT2D eigenvalue weighted by atomic mass is 16.5. The van der Waals surface area contributed by atoms with Crippen LogP contribution in [-0.4, -0.2) is 23.4 Å². The second kappa shape index (κ2) is 9.61. The maximum Gasteiger partial charge on any atom is 0.167 e. The first-order valence-corrected chi connectivity index (χ1v) is 7.40. The van der Waals surface area contributed by atoms with Crippen LogP contribution in [0.3, 0.4) is 0 Å². The molecule has 0 spiro atoms. The number of hydrogen-bond donors (Lipinski definition) is 2. The van der Waals surface area contributed by atoms with Gasteiger partial charge in [-0.25, -0.2) is 0 Å². The maximum absolute atomic E-state index is 9.44. The topological polar surface area (TPSA) is 58.9 Å². The molecular formula is C16H26O4. The highest BCUT2D eigenvalue weighted by molar-refractivity contribution is 5.51. The SMILES string of the molecule is CCCCOc1c(CO)ccc(CO)c1OCCCC. The van der Waals surface area contributed by atoms with E-state index in [0.717, 1.165) is 25.7 Å². The summed E-state index contributed by atoms with van der Waals surface area (Å²) in [6, 6.07) is 3.55. The van der Waals surface area contributed by atoms with Crippen molar-refractivity contribution in [2.24, 2.45) is 0 Å². The number of hydrogen-bond acceptors (Lipinski definition) is 4. The Morgan fingerprint density at radius 1 is 0.800 bits per heavy atom. The van der Waals surface area contributed by atoms with E-state index in [1.807, 2.05) is 0 Å². The fourth-order valence-electron chi connectivity index (χ4n) is 1.85. The molecule has 1 aromatic rings. The summed E-state index contributed by atoms with van der Waals surface area (Å²) in [5, 5.41) is 18.9. The fourth-order valence-corrected chi connectivity index (χ4v) is 1.85. The molecule has 0 aliphatic rings. The zero-order valence-electron chi connectivity index (χ0n) is 12.5. The maximum atomic E-state index is 9.44. The average molecular weight is 282 g/mol. The van der Waals surface area contributed by atoms with E-state index in [2.05, 4.69) is 13.8 Å². The third kappa shape index (κ3) is 4.69. The summed E-state index contributed by atoms with van der Waals surface area (Å²) in [4.78, 5) is 0. The Morgan fingerprint density at radius 3 is 1.50 bits per heavy atom. The van der Waals surface area contributed by atoms with Crippen LogP contribution in [0.4, 0.5) is 0 Å². The van der Waals surface area contributed by atoms with E-state index in [4.69, 9.17) is 9.47 Å². The average Bonchev–Trinajstić information content (AvgIpc) is 2.48. The van der Waals surface area contributed by atoms with Crippen molar-refractivity contribution in [2.45, 2.75) is 52.7 Å². The predicted molar refractivity (Wildman–Crippen MR) is 79.1 cm³/mol. The van der Waals surface area contributed by atoms with Crippen LogP contribution in [0.1, 0.15) is 50.7 Å². The molecule has 0 amide bonds. The van der Waals surface area contributed by atoms with Crippen LogP contribution in [0.5, 0.6) is 11.5 Å². The van der Waals surface area contributed by atoms with Crippen LogP contribution in [0.25, 0.3) is 0 Å². The minimum atomic E-state index is -0.0999. The van der Waals surface area contributed by atoms with Crippen molar-refractivity contribution in [1.29, 1.82) is 0 Å². The third-order valence-corrected chi connectivity index (χ3v) is 3.10. The Bertz CT molecular complexity index is 353. The molecule has 0 atom stereocenters. The molecule has 4 heteroatoms. The summed E-state index contributed by atoms with van der Waals surface area (Å²) >= 11 is 0. The number of unbranched alkanes of at least 4 members (excludes halogenated alkanes) is 2. The standard InChI is InChI=1S/C16H26O4/c1-3-5-9-19-15-13(11-17)7-8-14(12-18)16(15)20-10-6-4-2/h7-8,17-18H,3-6,9-12H2,1-2H3. The van der Waals surface area contributed by atoms with Crippen LogP contribution in [-0.2, 0) is 13.2 Å². The summed E-state index contributed by atoms with van der Waals surface area (Å²) in [6.45, 7) is 5.16. The van der Waals surface area contributed by atoms with Crippen molar-refractivity contribution >= 4 is 0 Å².